The zero-order valence-electron chi connectivity index (χ0n) is 11.5. The molecule has 0 bridgehead atoms. The second-order valence-electron chi connectivity index (χ2n) is 5.91. The summed E-state index contributed by atoms with van der Waals surface area (Å²) >= 11 is 0. The van der Waals surface area contributed by atoms with Gasteiger partial charge in [0.15, 0.2) is 0 Å². The molecule has 3 nitrogen and oxygen atoms in total. The first-order chi connectivity index (χ1) is 7.41. The van der Waals surface area contributed by atoms with E-state index in [1.807, 2.05) is 7.05 Å². The van der Waals surface area contributed by atoms with Gasteiger partial charge in [0.25, 0.3) is 0 Å². The molecule has 0 aromatic heterocycles. The van der Waals surface area contributed by atoms with E-state index < -0.39 is 0 Å². The maximum absolute atomic E-state index is 9.41. The second-order valence-corrected chi connectivity index (χ2v) is 5.91. The number of nitrogens with one attached hydrogen (secondary N) is 1. The number of aliphatic hydroxyl groups excluding tert-OH is 1. The van der Waals surface area contributed by atoms with Crippen molar-refractivity contribution < 1.29 is 5.11 Å². The number of hydrogen-bond donors (Lipinski definition) is 2. The molecule has 0 amide bonds. The van der Waals surface area contributed by atoms with E-state index in [-0.39, 0.29) is 12.1 Å². The molecule has 16 heavy (non-hydrogen) atoms. The molecule has 1 aliphatic heterocycles. The first kappa shape index (κ1) is 13.9. The van der Waals surface area contributed by atoms with Crippen LogP contribution in [0.25, 0.3) is 0 Å². The summed E-state index contributed by atoms with van der Waals surface area (Å²) in [7, 11) is 1.93. The monoisotopic (exact) mass is 228 g/mol. The number of likely N-dealkylation sites (tertiary alicyclic amines) is 1. The van der Waals surface area contributed by atoms with E-state index in [1.165, 1.54) is 13.0 Å². The van der Waals surface area contributed by atoms with Crippen LogP contribution in [0.3, 0.4) is 0 Å². The lowest BCUT2D eigenvalue weighted by Crippen LogP contribution is -2.49. The highest BCUT2D eigenvalue weighted by Gasteiger charge is 2.33. The summed E-state index contributed by atoms with van der Waals surface area (Å²) in [6.07, 6.45) is 2.30. The van der Waals surface area contributed by atoms with Gasteiger partial charge in [-0.05, 0) is 46.6 Å². The number of rotatable bonds is 5. The molecular weight excluding hydrogens is 200 g/mol. The molecule has 1 fully saturated rings. The quantitative estimate of drug-likeness (QED) is 0.748. The highest BCUT2D eigenvalue weighted by molar-refractivity contribution is 4.90. The minimum atomic E-state index is -0.148. The summed E-state index contributed by atoms with van der Waals surface area (Å²) in [5.41, 5.74) is -0.148. The standard InChI is InChI=1S/C13H28N2O/c1-10-6-11(2)15(8-10)12(3)7-13(4,9-16)14-5/h10-12,14,16H,6-9H2,1-5H3. The lowest BCUT2D eigenvalue weighted by molar-refractivity contribution is 0.115. The molecule has 1 aliphatic rings. The van der Waals surface area contributed by atoms with Gasteiger partial charge in [0.2, 0.25) is 0 Å². The number of likely N-dealkylation sites (N-methyl/N-ethyl adjacent to an activating group) is 1. The smallest absolute Gasteiger partial charge is 0.0611 e. The minimum Gasteiger partial charge on any atom is -0.394 e. The maximum atomic E-state index is 9.41. The third kappa shape index (κ3) is 3.19. The number of hydrogen-bond acceptors (Lipinski definition) is 3. The van der Waals surface area contributed by atoms with Gasteiger partial charge in [-0.15, -0.1) is 0 Å². The molecule has 96 valence electrons. The van der Waals surface area contributed by atoms with Crippen molar-refractivity contribution in [3.8, 4) is 0 Å². The van der Waals surface area contributed by atoms with Gasteiger partial charge in [0.1, 0.15) is 0 Å². The lowest BCUT2D eigenvalue weighted by Gasteiger charge is -2.36. The summed E-state index contributed by atoms with van der Waals surface area (Å²) in [5, 5.41) is 12.6. The Balaban J connectivity index is 2.54. The molecule has 0 spiro atoms. The van der Waals surface area contributed by atoms with Crippen molar-refractivity contribution in [2.45, 2.75) is 58.2 Å². The van der Waals surface area contributed by atoms with Crippen molar-refractivity contribution in [1.29, 1.82) is 0 Å². The molecular formula is C13H28N2O. The van der Waals surface area contributed by atoms with E-state index >= 15 is 0 Å². The number of nitrogens with zero attached hydrogens (tertiary/aromatic N) is 1. The van der Waals surface area contributed by atoms with Crippen LogP contribution in [-0.4, -0.2) is 47.8 Å². The normalized spacial score (nSPS) is 32.6. The predicted octanol–water partition coefficient (Wildman–Crippen LogP) is 1.47. The van der Waals surface area contributed by atoms with Crippen LogP contribution < -0.4 is 5.32 Å². The summed E-state index contributed by atoms with van der Waals surface area (Å²) in [5.74, 6) is 0.812. The summed E-state index contributed by atoms with van der Waals surface area (Å²) < 4.78 is 0. The van der Waals surface area contributed by atoms with Gasteiger partial charge in [0, 0.05) is 24.2 Å². The fraction of sp³-hybridized carbons (Fsp3) is 1.00. The van der Waals surface area contributed by atoms with Crippen molar-refractivity contribution in [2.75, 3.05) is 20.2 Å². The highest BCUT2D eigenvalue weighted by Crippen LogP contribution is 2.27. The van der Waals surface area contributed by atoms with Gasteiger partial charge in [-0.2, -0.15) is 0 Å². The second kappa shape index (κ2) is 5.48. The molecule has 0 saturated carbocycles. The van der Waals surface area contributed by atoms with Gasteiger partial charge < -0.3 is 10.4 Å². The van der Waals surface area contributed by atoms with Crippen molar-refractivity contribution in [1.82, 2.24) is 10.2 Å². The molecule has 1 heterocycles. The summed E-state index contributed by atoms with van der Waals surface area (Å²) in [6.45, 7) is 10.4. The highest BCUT2D eigenvalue weighted by atomic mass is 16.3. The molecule has 0 radical (unpaired) electrons. The molecule has 4 atom stereocenters. The average molecular weight is 228 g/mol. The maximum Gasteiger partial charge on any atom is 0.0611 e. The largest absolute Gasteiger partial charge is 0.394 e. The SMILES string of the molecule is CNC(C)(CO)CC(C)N1CC(C)CC1C. The summed E-state index contributed by atoms with van der Waals surface area (Å²) in [4.78, 5) is 2.58. The van der Waals surface area contributed by atoms with Crippen LogP contribution in [0.5, 0.6) is 0 Å². The van der Waals surface area contributed by atoms with Crippen molar-refractivity contribution in [2.24, 2.45) is 5.92 Å². The van der Waals surface area contributed by atoms with Gasteiger partial charge in [-0.25, -0.2) is 0 Å². The Morgan fingerprint density at radius 3 is 2.50 bits per heavy atom. The third-order valence-corrected chi connectivity index (χ3v) is 4.10. The topological polar surface area (TPSA) is 35.5 Å². The Labute approximate surface area is 100 Å². The molecule has 0 aliphatic carbocycles. The average Bonchev–Trinajstić information content (AvgIpc) is 2.57. The van der Waals surface area contributed by atoms with E-state index in [0.717, 1.165) is 12.3 Å². The van der Waals surface area contributed by atoms with E-state index in [4.69, 9.17) is 0 Å². The Morgan fingerprint density at radius 1 is 1.50 bits per heavy atom. The Kier molecular flexibility index (Phi) is 4.77. The van der Waals surface area contributed by atoms with Gasteiger partial charge in [-0.1, -0.05) is 6.92 Å². The van der Waals surface area contributed by atoms with Gasteiger partial charge in [0.05, 0.1) is 6.61 Å². The van der Waals surface area contributed by atoms with E-state index in [1.54, 1.807) is 0 Å². The van der Waals surface area contributed by atoms with Crippen LogP contribution in [0, 0.1) is 5.92 Å². The summed E-state index contributed by atoms with van der Waals surface area (Å²) in [6, 6.07) is 1.22. The molecule has 3 heteroatoms. The van der Waals surface area contributed by atoms with Crippen LogP contribution in [0.1, 0.15) is 40.5 Å². The molecule has 0 aromatic carbocycles. The molecule has 4 unspecified atom stereocenters. The fourth-order valence-electron chi connectivity index (χ4n) is 2.96. The van der Waals surface area contributed by atoms with Gasteiger partial charge >= 0.3 is 0 Å². The Hall–Kier alpha value is -0.120. The van der Waals surface area contributed by atoms with Crippen molar-refractivity contribution in [3.63, 3.8) is 0 Å². The lowest BCUT2D eigenvalue weighted by atomic mass is 9.94. The molecule has 1 rings (SSSR count). The van der Waals surface area contributed by atoms with E-state index in [0.29, 0.717) is 12.1 Å². The third-order valence-electron chi connectivity index (χ3n) is 4.10. The van der Waals surface area contributed by atoms with Gasteiger partial charge in [-0.3, -0.25) is 4.90 Å². The van der Waals surface area contributed by atoms with Crippen molar-refractivity contribution in [3.05, 3.63) is 0 Å². The minimum absolute atomic E-state index is 0.148. The fourth-order valence-corrected chi connectivity index (χ4v) is 2.96. The van der Waals surface area contributed by atoms with E-state index in [2.05, 4.69) is 37.9 Å². The van der Waals surface area contributed by atoms with Crippen LogP contribution in [-0.2, 0) is 0 Å². The molecule has 1 saturated heterocycles. The van der Waals surface area contributed by atoms with Crippen LogP contribution in [0.4, 0.5) is 0 Å². The zero-order chi connectivity index (χ0) is 12.3. The Bertz CT molecular complexity index is 216. The first-order valence-electron chi connectivity index (χ1n) is 6.47. The van der Waals surface area contributed by atoms with Crippen LogP contribution >= 0.6 is 0 Å². The van der Waals surface area contributed by atoms with Crippen molar-refractivity contribution >= 4 is 0 Å². The predicted molar refractivity (Wildman–Crippen MR) is 68.6 cm³/mol. The Morgan fingerprint density at radius 2 is 2.12 bits per heavy atom. The first-order valence-corrected chi connectivity index (χ1v) is 6.47. The van der Waals surface area contributed by atoms with Crippen LogP contribution in [0.15, 0.2) is 0 Å². The molecule has 0 aromatic rings. The van der Waals surface area contributed by atoms with Crippen LogP contribution in [0.2, 0.25) is 0 Å². The molecule has 2 N–H and O–H groups in total. The van der Waals surface area contributed by atoms with E-state index in [9.17, 15) is 5.11 Å². The zero-order valence-corrected chi connectivity index (χ0v) is 11.5. The number of aliphatic hydroxyl groups is 1.